The number of aromatic hydroxyl groups is 1. The molecule has 0 aliphatic carbocycles. The molecule has 20 heavy (non-hydrogen) atoms. The molecule has 0 aliphatic rings. The van der Waals surface area contributed by atoms with Gasteiger partial charge in [0.1, 0.15) is 11.4 Å². The first-order valence-electron chi connectivity index (χ1n) is 6.09. The van der Waals surface area contributed by atoms with Crippen molar-refractivity contribution in [1.29, 1.82) is 0 Å². The van der Waals surface area contributed by atoms with E-state index in [2.05, 4.69) is 4.98 Å². The fourth-order valence-corrected chi connectivity index (χ4v) is 2.05. The van der Waals surface area contributed by atoms with Gasteiger partial charge in [0.15, 0.2) is 0 Å². The van der Waals surface area contributed by atoms with E-state index in [1.807, 2.05) is 60.1 Å². The highest BCUT2D eigenvalue weighted by molar-refractivity contribution is 8.93. The van der Waals surface area contributed by atoms with Gasteiger partial charge >= 0.3 is 0 Å². The Labute approximate surface area is 128 Å². The monoisotopic (exact) mass is 333 g/mol. The van der Waals surface area contributed by atoms with Crippen LogP contribution in [0.15, 0.2) is 48.8 Å². The third-order valence-electron chi connectivity index (χ3n) is 3.10. The Bertz CT molecular complexity index is 737. The van der Waals surface area contributed by atoms with Crippen LogP contribution in [0.5, 0.6) is 5.75 Å². The summed E-state index contributed by atoms with van der Waals surface area (Å²) in [6.07, 6.45) is 3.95. The van der Waals surface area contributed by atoms with Crippen molar-refractivity contribution in [3.8, 4) is 17.0 Å². The molecule has 104 valence electrons. The number of benzene rings is 1. The number of hydrogen-bond acceptors (Lipinski definition) is 3. The van der Waals surface area contributed by atoms with Gasteiger partial charge in [-0.25, -0.2) is 4.98 Å². The smallest absolute Gasteiger partial charge is 0.139 e. The highest BCUT2D eigenvalue weighted by atomic mass is 79.9. The molecule has 3 rings (SSSR count). The lowest BCUT2D eigenvalue weighted by Gasteiger charge is -2.11. The van der Waals surface area contributed by atoms with E-state index < -0.39 is 0 Å². The lowest BCUT2D eigenvalue weighted by molar-refractivity contribution is 0.475. The normalized spacial score (nSPS) is 10.3. The number of phenolic OH excluding ortho intramolecular Hbond substituents is 1. The van der Waals surface area contributed by atoms with Crippen LogP contribution in [0.3, 0.4) is 0 Å². The van der Waals surface area contributed by atoms with Crippen LogP contribution in [0.2, 0.25) is 0 Å². The van der Waals surface area contributed by atoms with Crippen molar-refractivity contribution in [2.45, 2.75) is 0 Å². The van der Waals surface area contributed by atoms with E-state index in [1.54, 1.807) is 12.1 Å². The van der Waals surface area contributed by atoms with Gasteiger partial charge < -0.3 is 14.4 Å². The van der Waals surface area contributed by atoms with Gasteiger partial charge in [0.05, 0.1) is 5.69 Å². The molecule has 2 aromatic heterocycles. The third kappa shape index (κ3) is 2.63. The molecule has 0 aliphatic heterocycles. The summed E-state index contributed by atoms with van der Waals surface area (Å²) in [5, 5.41) is 9.52. The molecule has 0 saturated carbocycles. The van der Waals surface area contributed by atoms with Gasteiger partial charge in [-0.3, -0.25) is 0 Å². The maximum atomic E-state index is 9.52. The van der Waals surface area contributed by atoms with Crippen molar-refractivity contribution >= 4 is 28.3 Å². The van der Waals surface area contributed by atoms with Crippen LogP contribution in [-0.2, 0) is 0 Å². The first kappa shape index (κ1) is 14.4. The zero-order valence-corrected chi connectivity index (χ0v) is 13.0. The van der Waals surface area contributed by atoms with E-state index in [0.717, 1.165) is 22.6 Å². The average Bonchev–Trinajstić information content (AvgIpc) is 2.81. The molecule has 0 saturated heterocycles. The second kappa shape index (κ2) is 5.54. The van der Waals surface area contributed by atoms with Gasteiger partial charge in [-0.05, 0) is 18.2 Å². The van der Waals surface area contributed by atoms with Crippen LogP contribution in [0.1, 0.15) is 0 Å². The van der Waals surface area contributed by atoms with Gasteiger partial charge in [0.2, 0.25) is 0 Å². The van der Waals surface area contributed by atoms with Gasteiger partial charge in [-0.1, -0.05) is 12.1 Å². The number of rotatable bonds is 2. The minimum Gasteiger partial charge on any atom is -0.508 e. The molecule has 1 aromatic carbocycles. The number of aromatic nitrogens is 2. The van der Waals surface area contributed by atoms with E-state index >= 15 is 0 Å². The van der Waals surface area contributed by atoms with Crippen LogP contribution in [0, 0.1) is 0 Å². The zero-order valence-electron chi connectivity index (χ0n) is 11.3. The summed E-state index contributed by atoms with van der Waals surface area (Å²) in [5.74, 6) is 0.253. The highest BCUT2D eigenvalue weighted by Crippen LogP contribution is 2.24. The van der Waals surface area contributed by atoms with Crippen molar-refractivity contribution in [3.63, 3.8) is 0 Å². The van der Waals surface area contributed by atoms with E-state index in [4.69, 9.17) is 0 Å². The predicted octanol–water partition coefficient (Wildman–Crippen LogP) is 3.35. The molecule has 0 atom stereocenters. The quantitative estimate of drug-likeness (QED) is 0.781. The Morgan fingerprint density at radius 1 is 1.15 bits per heavy atom. The molecular weight excluding hydrogens is 318 g/mol. The minimum atomic E-state index is 0. The molecule has 1 N–H and O–H groups in total. The standard InChI is InChI=1S/C15H15N3O.BrH/c1-17(2)12-6-7-18-10-14(16-15(18)9-12)11-4-3-5-13(19)8-11;/h3-10,19H,1-2H3;1H. The number of pyridine rings is 1. The molecule has 5 heteroatoms. The molecule has 0 radical (unpaired) electrons. The summed E-state index contributed by atoms with van der Waals surface area (Å²) in [5.41, 5.74) is 3.77. The maximum Gasteiger partial charge on any atom is 0.139 e. The average molecular weight is 334 g/mol. The number of anilines is 1. The predicted molar refractivity (Wildman–Crippen MR) is 86.9 cm³/mol. The Hall–Kier alpha value is -2.01. The molecule has 0 fully saturated rings. The van der Waals surface area contributed by atoms with E-state index in [9.17, 15) is 5.11 Å². The summed E-state index contributed by atoms with van der Waals surface area (Å²) in [7, 11) is 4.01. The summed E-state index contributed by atoms with van der Waals surface area (Å²) >= 11 is 0. The number of halogens is 1. The molecule has 0 bridgehead atoms. The van der Waals surface area contributed by atoms with Crippen LogP contribution >= 0.6 is 17.0 Å². The topological polar surface area (TPSA) is 40.8 Å². The molecule has 0 unspecified atom stereocenters. The van der Waals surface area contributed by atoms with Crippen molar-refractivity contribution in [1.82, 2.24) is 9.38 Å². The lowest BCUT2D eigenvalue weighted by atomic mass is 10.2. The first-order valence-corrected chi connectivity index (χ1v) is 6.09. The molecular formula is C15H16BrN3O. The second-order valence-electron chi connectivity index (χ2n) is 4.72. The summed E-state index contributed by atoms with van der Waals surface area (Å²) in [4.78, 5) is 6.64. The fourth-order valence-electron chi connectivity index (χ4n) is 2.05. The van der Waals surface area contributed by atoms with Crippen LogP contribution in [0.4, 0.5) is 5.69 Å². The van der Waals surface area contributed by atoms with Crippen molar-refractivity contribution in [2.24, 2.45) is 0 Å². The molecule has 2 heterocycles. The first-order chi connectivity index (χ1) is 9.13. The highest BCUT2D eigenvalue weighted by Gasteiger charge is 2.06. The molecule has 0 spiro atoms. The molecule has 4 nitrogen and oxygen atoms in total. The van der Waals surface area contributed by atoms with Crippen molar-refractivity contribution in [2.75, 3.05) is 19.0 Å². The maximum absolute atomic E-state index is 9.52. The number of nitrogens with zero attached hydrogens (tertiary/aromatic N) is 3. The van der Waals surface area contributed by atoms with E-state index in [-0.39, 0.29) is 22.7 Å². The SMILES string of the molecule is Br.CN(C)c1ccn2cc(-c3cccc(O)c3)nc2c1. The number of fused-ring (bicyclic) bond motifs is 1. The van der Waals surface area contributed by atoms with Gasteiger partial charge in [0, 0.05) is 43.8 Å². The third-order valence-corrected chi connectivity index (χ3v) is 3.10. The summed E-state index contributed by atoms with van der Waals surface area (Å²) in [6, 6.07) is 11.2. The van der Waals surface area contributed by atoms with Crippen molar-refractivity contribution in [3.05, 3.63) is 48.8 Å². The largest absolute Gasteiger partial charge is 0.508 e. The van der Waals surface area contributed by atoms with E-state index in [0.29, 0.717) is 0 Å². The second-order valence-corrected chi connectivity index (χ2v) is 4.72. The van der Waals surface area contributed by atoms with Crippen molar-refractivity contribution < 1.29 is 5.11 Å². The van der Waals surface area contributed by atoms with Gasteiger partial charge in [-0.15, -0.1) is 17.0 Å². The fraction of sp³-hybridized carbons (Fsp3) is 0.133. The number of phenols is 1. The molecule has 3 aromatic rings. The number of imidazole rings is 1. The minimum absolute atomic E-state index is 0. The Kier molecular flexibility index (Phi) is 3.99. The summed E-state index contributed by atoms with van der Waals surface area (Å²) in [6.45, 7) is 0. The lowest BCUT2D eigenvalue weighted by Crippen LogP contribution is -2.08. The molecule has 0 amide bonds. The van der Waals surface area contributed by atoms with Crippen LogP contribution in [-0.4, -0.2) is 28.6 Å². The van der Waals surface area contributed by atoms with Crippen LogP contribution < -0.4 is 4.90 Å². The Balaban J connectivity index is 0.00000147. The Morgan fingerprint density at radius 3 is 2.65 bits per heavy atom. The van der Waals surface area contributed by atoms with E-state index in [1.165, 1.54) is 0 Å². The summed E-state index contributed by atoms with van der Waals surface area (Å²) < 4.78 is 1.98. The van der Waals surface area contributed by atoms with Gasteiger partial charge in [-0.2, -0.15) is 0 Å². The van der Waals surface area contributed by atoms with Gasteiger partial charge in [0.25, 0.3) is 0 Å². The zero-order chi connectivity index (χ0) is 13.4. The Morgan fingerprint density at radius 2 is 1.95 bits per heavy atom. The number of hydrogen-bond donors (Lipinski definition) is 1. The van der Waals surface area contributed by atoms with Crippen LogP contribution in [0.25, 0.3) is 16.9 Å².